The van der Waals surface area contributed by atoms with Crippen molar-refractivity contribution in [3.8, 4) is 0 Å². The van der Waals surface area contributed by atoms with Crippen molar-refractivity contribution in [3.63, 3.8) is 0 Å². The van der Waals surface area contributed by atoms with Gasteiger partial charge in [-0.05, 0) is 30.7 Å². The Morgan fingerprint density at radius 2 is 1.91 bits per heavy atom. The molecule has 0 aliphatic heterocycles. The summed E-state index contributed by atoms with van der Waals surface area (Å²) in [6.07, 6.45) is 1.40. The molecule has 3 rings (SSSR count). The van der Waals surface area contributed by atoms with Crippen LogP contribution < -0.4 is 5.32 Å². The fourth-order valence-electron chi connectivity index (χ4n) is 2.31. The summed E-state index contributed by atoms with van der Waals surface area (Å²) in [6.45, 7) is 1.90. The van der Waals surface area contributed by atoms with Gasteiger partial charge in [0.25, 0.3) is 5.69 Å². The predicted molar refractivity (Wildman–Crippen MR) is 84.6 cm³/mol. The molecule has 0 bridgehead atoms. The van der Waals surface area contributed by atoms with Crippen LogP contribution in [0.15, 0.2) is 48.8 Å². The summed E-state index contributed by atoms with van der Waals surface area (Å²) >= 11 is 0. The lowest BCUT2D eigenvalue weighted by atomic mass is 10.1. The van der Waals surface area contributed by atoms with Crippen molar-refractivity contribution in [1.29, 1.82) is 0 Å². The van der Waals surface area contributed by atoms with E-state index in [9.17, 15) is 14.5 Å². The number of rotatable bonds is 4. The summed E-state index contributed by atoms with van der Waals surface area (Å²) in [6, 6.07) is 10.4. The first-order valence-electron chi connectivity index (χ1n) is 6.96. The monoisotopic (exact) mass is 312 g/mol. The molecular formula is C16H13FN4O2. The number of benzene rings is 2. The highest BCUT2D eigenvalue weighted by molar-refractivity contribution is 5.90. The molecule has 0 spiro atoms. The van der Waals surface area contributed by atoms with Crippen LogP contribution in [-0.4, -0.2) is 14.9 Å². The van der Waals surface area contributed by atoms with Crippen LogP contribution in [0.25, 0.3) is 10.9 Å². The number of nitrogens with zero attached hydrogens (tertiary/aromatic N) is 3. The zero-order valence-electron chi connectivity index (χ0n) is 12.2. The van der Waals surface area contributed by atoms with Crippen molar-refractivity contribution < 1.29 is 9.31 Å². The molecule has 0 aliphatic rings. The largest absolute Gasteiger partial charge is 0.363 e. The minimum atomic E-state index is -0.459. The molecule has 0 aliphatic carbocycles. The quantitative estimate of drug-likeness (QED) is 0.584. The smallest absolute Gasteiger partial charge is 0.270 e. The molecule has 0 saturated heterocycles. The molecular weight excluding hydrogens is 299 g/mol. The number of fused-ring (bicyclic) bond motifs is 1. The highest BCUT2D eigenvalue weighted by atomic mass is 19.1. The Bertz CT molecular complexity index is 868. The SMILES string of the molecule is C[C@@H](Nc1ncnc2ccc([N+](=O)[O-])cc12)c1ccc(F)cc1. The van der Waals surface area contributed by atoms with E-state index in [4.69, 9.17) is 0 Å². The molecule has 1 aromatic heterocycles. The number of aromatic nitrogens is 2. The first-order valence-corrected chi connectivity index (χ1v) is 6.96. The van der Waals surface area contributed by atoms with Gasteiger partial charge in [-0.1, -0.05) is 12.1 Å². The molecule has 1 N–H and O–H groups in total. The van der Waals surface area contributed by atoms with Crippen LogP contribution >= 0.6 is 0 Å². The number of nitrogens with one attached hydrogen (secondary N) is 1. The first kappa shape index (κ1) is 14.8. The van der Waals surface area contributed by atoms with Gasteiger partial charge in [0.05, 0.1) is 10.4 Å². The molecule has 7 heteroatoms. The lowest BCUT2D eigenvalue weighted by Gasteiger charge is -2.16. The Balaban J connectivity index is 1.97. The number of anilines is 1. The normalized spacial score (nSPS) is 12.1. The fraction of sp³-hybridized carbons (Fsp3) is 0.125. The molecule has 3 aromatic rings. The van der Waals surface area contributed by atoms with Gasteiger partial charge in [-0.25, -0.2) is 14.4 Å². The second-order valence-electron chi connectivity index (χ2n) is 5.10. The summed E-state index contributed by atoms with van der Waals surface area (Å²) in [5, 5.41) is 14.7. The number of hydrogen-bond acceptors (Lipinski definition) is 5. The number of halogens is 1. The second-order valence-corrected chi connectivity index (χ2v) is 5.10. The Hall–Kier alpha value is -3.09. The predicted octanol–water partition coefficient (Wildman–Crippen LogP) is 3.85. The van der Waals surface area contributed by atoms with Gasteiger partial charge < -0.3 is 5.32 Å². The van der Waals surface area contributed by atoms with Crippen molar-refractivity contribution in [1.82, 2.24) is 9.97 Å². The number of nitro benzene ring substituents is 1. The second kappa shape index (κ2) is 5.96. The summed E-state index contributed by atoms with van der Waals surface area (Å²) in [4.78, 5) is 18.8. The topological polar surface area (TPSA) is 81.0 Å². The molecule has 6 nitrogen and oxygen atoms in total. The third-order valence-electron chi connectivity index (χ3n) is 3.55. The van der Waals surface area contributed by atoms with Crippen LogP contribution in [0.2, 0.25) is 0 Å². The van der Waals surface area contributed by atoms with E-state index in [-0.39, 0.29) is 17.5 Å². The highest BCUT2D eigenvalue weighted by Crippen LogP contribution is 2.27. The molecule has 0 amide bonds. The number of nitro groups is 1. The van der Waals surface area contributed by atoms with Gasteiger partial charge in [-0.2, -0.15) is 0 Å². The maximum Gasteiger partial charge on any atom is 0.270 e. The van der Waals surface area contributed by atoms with Crippen molar-refractivity contribution in [3.05, 3.63) is 70.3 Å². The first-order chi connectivity index (χ1) is 11.0. The van der Waals surface area contributed by atoms with Crippen molar-refractivity contribution in [2.45, 2.75) is 13.0 Å². The van der Waals surface area contributed by atoms with Crippen LogP contribution in [0.3, 0.4) is 0 Å². The summed E-state index contributed by atoms with van der Waals surface area (Å²) in [7, 11) is 0. The Labute approximate surface area is 131 Å². The van der Waals surface area contributed by atoms with E-state index in [1.165, 1.54) is 30.6 Å². The van der Waals surface area contributed by atoms with Crippen LogP contribution in [0.4, 0.5) is 15.9 Å². The molecule has 2 aromatic carbocycles. The van der Waals surface area contributed by atoms with Gasteiger partial charge in [-0.3, -0.25) is 10.1 Å². The van der Waals surface area contributed by atoms with Crippen molar-refractivity contribution in [2.24, 2.45) is 0 Å². The fourth-order valence-corrected chi connectivity index (χ4v) is 2.31. The van der Waals surface area contributed by atoms with E-state index in [2.05, 4.69) is 15.3 Å². The van der Waals surface area contributed by atoms with Gasteiger partial charge in [0.2, 0.25) is 0 Å². The van der Waals surface area contributed by atoms with Crippen LogP contribution in [0.5, 0.6) is 0 Å². The third kappa shape index (κ3) is 3.08. The van der Waals surface area contributed by atoms with E-state index in [1.807, 2.05) is 6.92 Å². The average Bonchev–Trinajstić information content (AvgIpc) is 2.55. The maximum atomic E-state index is 13.0. The molecule has 0 radical (unpaired) electrons. The van der Waals surface area contributed by atoms with Gasteiger partial charge in [-0.15, -0.1) is 0 Å². The third-order valence-corrected chi connectivity index (χ3v) is 3.55. The summed E-state index contributed by atoms with van der Waals surface area (Å²) in [5.74, 6) is 0.194. The van der Waals surface area contributed by atoms with Gasteiger partial charge in [0, 0.05) is 23.6 Å². The molecule has 0 fully saturated rings. The Morgan fingerprint density at radius 1 is 1.17 bits per heavy atom. The van der Waals surface area contributed by atoms with Gasteiger partial charge in [0.1, 0.15) is 18.0 Å². The number of hydrogen-bond donors (Lipinski definition) is 1. The summed E-state index contributed by atoms with van der Waals surface area (Å²) < 4.78 is 13.0. The standard InChI is InChI=1S/C16H13FN4O2/c1-10(11-2-4-12(17)5-3-11)20-16-14-8-13(21(22)23)6-7-15(14)18-9-19-16/h2-10H,1H3,(H,18,19,20)/t10-/m1/s1. The van der Waals surface area contributed by atoms with Crippen molar-refractivity contribution in [2.75, 3.05) is 5.32 Å². The molecule has 0 saturated carbocycles. The van der Waals surface area contributed by atoms with Crippen LogP contribution in [0, 0.1) is 15.9 Å². The Morgan fingerprint density at radius 3 is 2.61 bits per heavy atom. The highest BCUT2D eigenvalue weighted by Gasteiger charge is 2.13. The lowest BCUT2D eigenvalue weighted by molar-refractivity contribution is -0.384. The zero-order valence-corrected chi connectivity index (χ0v) is 12.2. The molecule has 0 unspecified atom stereocenters. The van der Waals surface area contributed by atoms with E-state index in [0.717, 1.165) is 5.56 Å². The van der Waals surface area contributed by atoms with E-state index in [0.29, 0.717) is 16.7 Å². The van der Waals surface area contributed by atoms with Crippen LogP contribution in [-0.2, 0) is 0 Å². The minimum Gasteiger partial charge on any atom is -0.363 e. The van der Waals surface area contributed by atoms with Crippen LogP contribution in [0.1, 0.15) is 18.5 Å². The maximum absolute atomic E-state index is 13.0. The zero-order chi connectivity index (χ0) is 16.4. The van der Waals surface area contributed by atoms with E-state index < -0.39 is 4.92 Å². The number of non-ortho nitro benzene ring substituents is 1. The van der Waals surface area contributed by atoms with Crippen molar-refractivity contribution >= 4 is 22.4 Å². The van der Waals surface area contributed by atoms with Gasteiger partial charge >= 0.3 is 0 Å². The Kier molecular flexibility index (Phi) is 3.84. The van der Waals surface area contributed by atoms with Gasteiger partial charge in [0.15, 0.2) is 0 Å². The molecule has 1 atom stereocenters. The minimum absolute atomic E-state index is 0.0233. The molecule has 116 valence electrons. The average molecular weight is 312 g/mol. The lowest BCUT2D eigenvalue weighted by Crippen LogP contribution is -2.08. The van der Waals surface area contributed by atoms with E-state index >= 15 is 0 Å². The molecule has 1 heterocycles. The van der Waals surface area contributed by atoms with E-state index in [1.54, 1.807) is 18.2 Å². The summed E-state index contributed by atoms with van der Waals surface area (Å²) in [5.41, 5.74) is 1.47. The molecule has 23 heavy (non-hydrogen) atoms.